The number of anilines is 1. The Kier molecular flexibility index (Phi) is 4.24. The predicted octanol–water partition coefficient (Wildman–Crippen LogP) is 3.92. The molecule has 104 valence electrons. The van der Waals surface area contributed by atoms with Crippen molar-refractivity contribution in [2.24, 2.45) is 0 Å². The van der Waals surface area contributed by atoms with Crippen molar-refractivity contribution in [1.29, 1.82) is 0 Å². The van der Waals surface area contributed by atoms with E-state index >= 15 is 0 Å². The highest BCUT2D eigenvalue weighted by Crippen LogP contribution is 2.31. The Balaban J connectivity index is 2.24. The van der Waals surface area contributed by atoms with Crippen LogP contribution in [0.1, 0.15) is 11.1 Å². The maximum atomic E-state index is 13.2. The van der Waals surface area contributed by atoms with Crippen LogP contribution in [0, 0.1) is 22.9 Å². The number of thioether (sulfide) groups is 1. The number of nitro groups is 1. The van der Waals surface area contributed by atoms with Crippen molar-refractivity contribution in [3.05, 3.63) is 63.5 Å². The molecule has 6 heteroatoms. The van der Waals surface area contributed by atoms with Crippen molar-refractivity contribution >= 4 is 23.1 Å². The predicted molar refractivity (Wildman–Crippen MR) is 78.2 cm³/mol. The molecule has 2 rings (SSSR count). The summed E-state index contributed by atoms with van der Waals surface area (Å²) in [4.78, 5) is 11.4. The molecular weight excluding hydrogens is 279 g/mol. The first-order valence-corrected chi connectivity index (χ1v) is 6.88. The molecule has 0 aromatic heterocycles. The third-order valence-electron chi connectivity index (χ3n) is 2.95. The van der Waals surface area contributed by atoms with Gasteiger partial charge in [0.25, 0.3) is 5.69 Å². The lowest BCUT2D eigenvalue weighted by Gasteiger charge is -2.08. The lowest BCUT2D eigenvalue weighted by atomic mass is 10.2. The van der Waals surface area contributed by atoms with Gasteiger partial charge in [0.05, 0.1) is 4.92 Å². The Hall–Kier alpha value is -2.08. The van der Waals surface area contributed by atoms with E-state index in [9.17, 15) is 14.5 Å². The van der Waals surface area contributed by atoms with Gasteiger partial charge < -0.3 is 5.73 Å². The third kappa shape index (κ3) is 3.08. The Morgan fingerprint density at radius 2 is 2.10 bits per heavy atom. The number of hydrogen-bond acceptors (Lipinski definition) is 4. The SMILES string of the molecule is Cc1c(N)cccc1SCc1cc(F)ccc1[N+](=O)[O-]. The van der Waals surface area contributed by atoms with Crippen LogP contribution in [0.5, 0.6) is 0 Å². The molecule has 4 nitrogen and oxygen atoms in total. The van der Waals surface area contributed by atoms with Gasteiger partial charge in [-0.25, -0.2) is 4.39 Å². The summed E-state index contributed by atoms with van der Waals surface area (Å²) in [5.74, 6) is -0.159. The average Bonchev–Trinajstić information content (AvgIpc) is 2.40. The smallest absolute Gasteiger partial charge is 0.273 e. The molecule has 20 heavy (non-hydrogen) atoms. The van der Waals surface area contributed by atoms with Crippen LogP contribution in [0.3, 0.4) is 0 Å². The average molecular weight is 292 g/mol. The third-order valence-corrected chi connectivity index (χ3v) is 4.16. The fourth-order valence-electron chi connectivity index (χ4n) is 1.79. The Morgan fingerprint density at radius 3 is 2.80 bits per heavy atom. The molecule has 0 aliphatic heterocycles. The summed E-state index contributed by atoms with van der Waals surface area (Å²) in [5.41, 5.74) is 7.70. The van der Waals surface area contributed by atoms with Gasteiger partial charge in [-0.3, -0.25) is 10.1 Å². The number of rotatable bonds is 4. The monoisotopic (exact) mass is 292 g/mol. The zero-order chi connectivity index (χ0) is 14.7. The van der Waals surface area contributed by atoms with Crippen LogP contribution in [0.4, 0.5) is 15.8 Å². The van der Waals surface area contributed by atoms with Crippen LogP contribution in [-0.4, -0.2) is 4.92 Å². The molecular formula is C14H13FN2O2S. The number of nitro benzene ring substituents is 1. The highest BCUT2D eigenvalue weighted by molar-refractivity contribution is 7.98. The van der Waals surface area contributed by atoms with E-state index in [-0.39, 0.29) is 5.69 Å². The van der Waals surface area contributed by atoms with Crippen LogP contribution in [0.15, 0.2) is 41.3 Å². The Morgan fingerprint density at radius 1 is 1.35 bits per heavy atom. The van der Waals surface area contributed by atoms with Crippen LogP contribution in [0.2, 0.25) is 0 Å². The van der Waals surface area contributed by atoms with Gasteiger partial charge in [0.2, 0.25) is 0 Å². The van der Waals surface area contributed by atoms with Crippen molar-refractivity contribution in [3.8, 4) is 0 Å². The minimum absolute atomic E-state index is 0.0690. The molecule has 2 N–H and O–H groups in total. The summed E-state index contributed by atoms with van der Waals surface area (Å²) in [6.07, 6.45) is 0. The van der Waals surface area contributed by atoms with Crippen molar-refractivity contribution in [1.82, 2.24) is 0 Å². The van der Waals surface area contributed by atoms with Gasteiger partial charge in [-0.2, -0.15) is 0 Å². The summed E-state index contributed by atoms with van der Waals surface area (Å²) in [6, 6.07) is 9.00. The standard InChI is InChI=1S/C14H13FN2O2S/c1-9-12(16)3-2-4-14(9)20-8-10-7-11(15)5-6-13(10)17(18)19/h2-7H,8,16H2,1H3. The molecule has 0 saturated carbocycles. The molecule has 0 spiro atoms. The molecule has 0 atom stereocenters. The molecule has 0 radical (unpaired) electrons. The van der Waals surface area contributed by atoms with Crippen molar-refractivity contribution in [2.45, 2.75) is 17.6 Å². The van der Waals surface area contributed by atoms with Crippen molar-refractivity contribution in [2.75, 3.05) is 5.73 Å². The van der Waals surface area contributed by atoms with E-state index in [0.717, 1.165) is 16.5 Å². The van der Waals surface area contributed by atoms with E-state index in [2.05, 4.69) is 0 Å². The van der Waals surface area contributed by atoms with E-state index in [4.69, 9.17) is 5.73 Å². The highest BCUT2D eigenvalue weighted by atomic mass is 32.2. The molecule has 0 amide bonds. The summed E-state index contributed by atoms with van der Waals surface area (Å²) >= 11 is 1.40. The van der Waals surface area contributed by atoms with E-state index in [1.54, 1.807) is 6.07 Å². The van der Waals surface area contributed by atoms with Gasteiger partial charge in [0.15, 0.2) is 0 Å². The van der Waals surface area contributed by atoms with E-state index in [1.165, 1.54) is 23.9 Å². The zero-order valence-corrected chi connectivity index (χ0v) is 11.6. The van der Waals surface area contributed by atoms with Gasteiger partial charge in [-0.05, 0) is 36.8 Å². The molecule has 0 unspecified atom stereocenters. The topological polar surface area (TPSA) is 69.2 Å². The number of halogens is 1. The first kappa shape index (κ1) is 14.3. The summed E-state index contributed by atoms with van der Waals surface area (Å²) in [7, 11) is 0. The number of nitrogens with two attached hydrogens (primary N) is 1. The summed E-state index contributed by atoms with van der Waals surface area (Å²) in [5, 5.41) is 10.9. The van der Waals surface area contributed by atoms with Crippen molar-refractivity contribution < 1.29 is 9.31 Å². The molecule has 2 aromatic carbocycles. The Bertz CT molecular complexity index is 662. The van der Waals surface area contributed by atoms with Gasteiger partial charge >= 0.3 is 0 Å². The number of hydrogen-bond donors (Lipinski definition) is 1. The molecule has 2 aromatic rings. The van der Waals surface area contributed by atoms with Gasteiger partial charge in [-0.15, -0.1) is 11.8 Å². The van der Waals surface area contributed by atoms with Crippen LogP contribution >= 0.6 is 11.8 Å². The molecule has 0 aliphatic carbocycles. The lowest BCUT2D eigenvalue weighted by molar-refractivity contribution is -0.385. The van der Waals surface area contributed by atoms with E-state index < -0.39 is 10.7 Å². The van der Waals surface area contributed by atoms with Crippen molar-refractivity contribution in [3.63, 3.8) is 0 Å². The maximum absolute atomic E-state index is 13.2. The Labute approximate surface area is 119 Å². The number of nitrogen functional groups attached to an aromatic ring is 1. The molecule has 0 fully saturated rings. The molecule has 0 bridgehead atoms. The zero-order valence-electron chi connectivity index (χ0n) is 10.8. The second kappa shape index (κ2) is 5.92. The normalized spacial score (nSPS) is 10.5. The summed E-state index contributed by atoms with van der Waals surface area (Å²) < 4.78 is 13.2. The van der Waals surface area contributed by atoms with Crippen LogP contribution in [-0.2, 0) is 5.75 Å². The number of nitrogens with zero attached hydrogens (tertiary/aromatic N) is 1. The highest BCUT2D eigenvalue weighted by Gasteiger charge is 2.15. The molecule has 0 aliphatic rings. The second-order valence-corrected chi connectivity index (χ2v) is 5.31. The van der Waals surface area contributed by atoms with Crippen LogP contribution in [0.25, 0.3) is 0 Å². The first-order chi connectivity index (χ1) is 9.49. The van der Waals surface area contributed by atoms with Gasteiger partial charge in [0, 0.05) is 28.0 Å². The maximum Gasteiger partial charge on any atom is 0.273 e. The minimum Gasteiger partial charge on any atom is -0.398 e. The van der Waals surface area contributed by atoms with Crippen LogP contribution < -0.4 is 5.73 Å². The minimum atomic E-state index is -0.498. The molecule has 0 heterocycles. The molecule has 0 saturated heterocycles. The van der Waals surface area contributed by atoms with Gasteiger partial charge in [0.1, 0.15) is 5.82 Å². The first-order valence-electron chi connectivity index (χ1n) is 5.89. The fourth-order valence-corrected chi connectivity index (χ4v) is 2.84. The lowest BCUT2D eigenvalue weighted by Crippen LogP contribution is -1.96. The summed E-state index contributed by atoms with van der Waals surface area (Å²) in [6.45, 7) is 1.89. The van der Waals surface area contributed by atoms with E-state index in [1.807, 2.05) is 19.1 Å². The largest absolute Gasteiger partial charge is 0.398 e. The second-order valence-electron chi connectivity index (χ2n) is 4.29. The quantitative estimate of drug-likeness (QED) is 0.401. The van der Waals surface area contributed by atoms with E-state index in [0.29, 0.717) is 17.0 Å². The van der Waals surface area contributed by atoms with Gasteiger partial charge in [-0.1, -0.05) is 6.07 Å². The fraction of sp³-hybridized carbons (Fsp3) is 0.143. The number of benzene rings is 2.